The largest absolute Gasteiger partial charge is 0.452 e. The van der Waals surface area contributed by atoms with Crippen LogP contribution in [0.1, 0.15) is 22.8 Å². The Bertz CT molecular complexity index is 528. The lowest BCUT2D eigenvalue weighted by Crippen LogP contribution is -2.35. The van der Waals surface area contributed by atoms with Gasteiger partial charge in [-0.25, -0.2) is 4.79 Å². The third kappa shape index (κ3) is 2.65. The lowest BCUT2D eigenvalue weighted by molar-refractivity contribution is 0.0389. The Morgan fingerprint density at radius 3 is 3.00 bits per heavy atom. The molecule has 3 N–H and O–H groups in total. The number of thiocarbonyl (C=S) groups is 1. The fraction of sp³-hybridized carbons (Fsp3) is 0.250. The first-order valence-corrected chi connectivity index (χ1v) is 5.87. The summed E-state index contributed by atoms with van der Waals surface area (Å²) in [5.74, 6) is -0.327. The molecule has 1 aromatic carbocycles. The van der Waals surface area contributed by atoms with Gasteiger partial charge < -0.3 is 10.5 Å². The summed E-state index contributed by atoms with van der Waals surface area (Å²) in [5, 5.41) is 4.06. The maximum Gasteiger partial charge on any atom is 0.339 e. The van der Waals surface area contributed by atoms with Gasteiger partial charge in [0.1, 0.15) is 6.10 Å². The van der Waals surface area contributed by atoms with E-state index in [1.54, 1.807) is 13.0 Å². The van der Waals surface area contributed by atoms with E-state index in [0.717, 1.165) is 5.56 Å². The van der Waals surface area contributed by atoms with E-state index in [1.807, 2.05) is 18.2 Å². The van der Waals surface area contributed by atoms with Crippen LogP contribution in [0.15, 0.2) is 29.4 Å². The van der Waals surface area contributed by atoms with E-state index in [4.69, 9.17) is 10.5 Å². The molecule has 1 aromatic rings. The first-order chi connectivity index (χ1) is 8.58. The Balaban J connectivity index is 2.18. The van der Waals surface area contributed by atoms with Crippen molar-refractivity contribution in [2.45, 2.75) is 19.4 Å². The van der Waals surface area contributed by atoms with Gasteiger partial charge in [0, 0.05) is 6.42 Å². The number of ether oxygens (including phenoxy) is 1. The third-order valence-corrected chi connectivity index (χ3v) is 2.79. The van der Waals surface area contributed by atoms with Crippen LogP contribution in [-0.2, 0) is 11.2 Å². The van der Waals surface area contributed by atoms with Crippen molar-refractivity contribution in [2.24, 2.45) is 10.8 Å². The Morgan fingerprint density at radius 1 is 1.56 bits per heavy atom. The number of fused-ring (bicyclic) bond motifs is 1. The summed E-state index contributed by atoms with van der Waals surface area (Å²) in [5.41, 5.74) is 9.97. The summed E-state index contributed by atoms with van der Waals surface area (Å²) < 4.78 is 5.31. The molecular weight excluding hydrogens is 250 g/mol. The van der Waals surface area contributed by atoms with E-state index < -0.39 is 0 Å². The van der Waals surface area contributed by atoms with Crippen molar-refractivity contribution < 1.29 is 9.53 Å². The molecule has 0 fully saturated rings. The highest BCUT2D eigenvalue weighted by molar-refractivity contribution is 7.80. The average Bonchev–Trinajstić information content (AvgIpc) is 2.36. The van der Waals surface area contributed by atoms with E-state index in [-0.39, 0.29) is 17.2 Å². The van der Waals surface area contributed by atoms with E-state index >= 15 is 0 Å². The predicted molar refractivity (Wildman–Crippen MR) is 72.4 cm³/mol. The number of rotatable bonds is 2. The Morgan fingerprint density at radius 2 is 2.28 bits per heavy atom. The van der Waals surface area contributed by atoms with E-state index in [0.29, 0.717) is 17.7 Å². The van der Waals surface area contributed by atoms with Gasteiger partial charge in [0.15, 0.2) is 5.11 Å². The normalized spacial score (nSPS) is 18.8. The summed E-state index contributed by atoms with van der Waals surface area (Å²) in [6.07, 6.45) is 0.227. The molecule has 2 rings (SSSR count). The van der Waals surface area contributed by atoms with E-state index in [9.17, 15) is 4.79 Å². The molecule has 1 aliphatic heterocycles. The van der Waals surface area contributed by atoms with Crippen LogP contribution in [0.4, 0.5) is 0 Å². The van der Waals surface area contributed by atoms with Crippen molar-refractivity contribution >= 4 is 29.0 Å². The molecule has 0 bridgehead atoms. The quantitative estimate of drug-likeness (QED) is 0.360. The van der Waals surface area contributed by atoms with Gasteiger partial charge in [-0.05, 0) is 30.8 Å². The van der Waals surface area contributed by atoms with Gasteiger partial charge in [-0.3, -0.25) is 5.43 Å². The minimum Gasteiger partial charge on any atom is -0.452 e. The highest BCUT2D eigenvalue weighted by Gasteiger charge is 2.27. The fourth-order valence-corrected chi connectivity index (χ4v) is 1.83. The molecule has 0 amide bonds. The van der Waals surface area contributed by atoms with Crippen LogP contribution in [0.25, 0.3) is 0 Å². The van der Waals surface area contributed by atoms with Crippen molar-refractivity contribution in [2.75, 3.05) is 0 Å². The zero-order valence-corrected chi connectivity index (χ0v) is 10.7. The molecule has 0 radical (unpaired) electrons. The maximum atomic E-state index is 11.8. The fourth-order valence-electron chi connectivity index (χ4n) is 1.78. The standard InChI is InChI=1S/C12H13N3O2S/c1-7(14-15-12(13)18)10-6-8-4-2-3-5-9(8)11(16)17-10/h2-5,10H,6H2,1H3,(H3,13,15,18). The monoisotopic (exact) mass is 263 g/mol. The number of esters is 1. The summed E-state index contributed by atoms with van der Waals surface area (Å²) in [4.78, 5) is 11.8. The van der Waals surface area contributed by atoms with Crippen LogP contribution >= 0.6 is 12.2 Å². The van der Waals surface area contributed by atoms with Crippen molar-refractivity contribution in [3.05, 3.63) is 35.4 Å². The molecule has 1 aliphatic rings. The highest BCUT2D eigenvalue weighted by Crippen LogP contribution is 2.21. The van der Waals surface area contributed by atoms with Crippen molar-refractivity contribution in [1.29, 1.82) is 0 Å². The second-order valence-corrected chi connectivity index (χ2v) is 4.42. The average molecular weight is 263 g/mol. The SMILES string of the molecule is CC(=NNC(N)=S)C1Cc2ccccc2C(=O)O1. The van der Waals surface area contributed by atoms with Crippen molar-refractivity contribution in [3.8, 4) is 0 Å². The molecule has 0 aliphatic carbocycles. The Kier molecular flexibility index (Phi) is 3.57. The maximum absolute atomic E-state index is 11.8. The number of hydrogen-bond donors (Lipinski definition) is 2. The number of nitrogens with zero attached hydrogens (tertiary/aromatic N) is 1. The molecule has 1 unspecified atom stereocenters. The number of nitrogens with one attached hydrogen (secondary N) is 1. The molecule has 0 aromatic heterocycles. The minimum absolute atomic E-state index is 0.0805. The Labute approximate surface area is 110 Å². The smallest absolute Gasteiger partial charge is 0.339 e. The van der Waals surface area contributed by atoms with Crippen LogP contribution in [0.2, 0.25) is 0 Å². The Hall–Kier alpha value is -1.95. The zero-order chi connectivity index (χ0) is 13.1. The van der Waals surface area contributed by atoms with Gasteiger partial charge in [-0.1, -0.05) is 18.2 Å². The molecule has 1 atom stereocenters. The van der Waals surface area contributed by atoms with Crippen molar-refractivity contribution in [3.63, 3.8) is 0 Å². The third-order valence-electron chi connectivity index (χ3n) is 2.70. The minimum atomic E-state index is -0.380. The van der Waals surface area contributed by atoms with Crippen LogP contribution < -0.4 is 11.2 Å². The summed E-state index contributed by atoms with van der Waals surface area (Å²) in [6.45, 7) is 1.76. The number of cyclic esters (lactones) is 1. The van der Waals surface area contributed by atoms with Gasteiger partial charge in [-0.15, -0.1) is 0 Å². The topological polar surface area (TPSA) is 76.7 Å². The molecule has 94 valence electrons. The van der Waals surface area contributed by atoms with Gasteiger partial charge >= 0.3 is 5.97 Å². The zero-order valence-electron chi connectivity index (χ0n) is 9.84. The van der Waals surface area contributed by atoms with E-state index in [1.165, 1.54) is 0 Å². The van der Waals surface area contributed by atoms with Gasteiger partial charge in [0.25, 0.3) is 0 Å². The highest BCUT2D eigenvalue weighted by atomic mass is 32.1. The first kappa shape index (κ1) is 12.5. The number of carbonyl (C=O) groups is 1. The summed E-state index contributed by atoms with van der Waals surface area (Å²) in [7, 11) is 0. The molecule has 0 saturated carbocycles. The lowest BCUT2D eigenvalue weighted by atomic mass is 9.97. The molecule has 5 nitrogen and oxygen atoms in total. The number of benzene rings is 1. The molecule has 18 heavy (non-hydrogen) atoms. The molecule has 0 saturated heterocycles. The van der Waals surface area contributed by atoms with Crippen LogP contribution in [0, 0.1) is 0 Å². The summed E-state index contributed by atoms with van der Waals surface area (Å²) in [6, 6.07) is 7.38. The molecule has 0 spiro atoms. The van der Waals surface area contributed by atoms with Crippen LogP contribution in [-0.4, -0.2) is 22.9 Å². The van der Waals surface area contributed by atoms with Crippen LogP contribution in [0.5, 0.6) is 0 Å². The van der Waals surface area contributed by atoms with Gasteiger partial charge in [-0.2, -0.15) is 5.10 Å². The number of hydrogen-bond acceptors (Lipinski definition) is 4. The second-order valence-electron chi connectivity index (χ2n) is 3.98. The molecule has 6 heteroatoms. The number of hydrazone groups is 1. The predicted octanol–water partition coefficient (Wildman–Crippen LogP) is 0.977. The number of carbonyl (C=O) groups excluding carboxylic acids is 1. The molecule has 1 heterocycles. The first-order valence-electron chi connectivity index (χ1n) is 5.46. The second kappa shape index (κ2) is 5.14. The summed E-state index contributed by atoms with van der Waals surface area (Å²) >= 11 is 4.65. The van der Waals surface area contributed by atoms with E-state index in [2.05, 4.69) is 22.7 Å². The van der Waals surface area contributed by atoms with Gasteiger partial charge in [0.05, 0.1) is 11.3 Å². The van der Waals surface area contributed by atoms with Crippen LogP contribution in [0.3, 0.4) is 0 Å². The number of nitrogens with two attached hydrogens (primary N) is 1. The van der Waals surface area contributed by atoms with Crippen molar-refractivity contribution in [1.82, 2.24) is 5.43 Å². The lowest BCUT2D eigenvalue weighted by Gasteiger charge is -2.24. The molecular formula is C12H13N3O2S. The van der Waals surface area contributed by atoms with Gasteiger partial charge in [0.2, 0.25) is 0 Å².